The van der Waals surface area contributed by atoms with Gasteiger partial charge in [0, 0.05) is 10.6 Å². The van der Waals surface area contributed by atoms with Crippen molar-refractivity contribution < 1.29 is 9.53 Å². The molecule has 0 bridgehead atoms. The number of anilines is 1. The van der Waals surface area contributed by atoms with E-state index in [1.165, 1.54) is 80.9 Å². The van der Waals surface area contributed by atoms with E-state index < -0.39 is 0 Å². The van der Waals surface area contributed by atoms with Gasteiger partial charge in [0.2, 0.25) is 0 Å². The first kappa shape index (κ1) is 29.3. The van der Waals surface area contributed by atoms with Gasteiger partial charge < -0.3 is 10.1 Å². The predicted octanol–water partition coefficient (Wildman–Crippen LogP) is 10.8. The predicted molar refractivity (Wildman–Crippen MR) is 171 cm³/mol. The van der Waals surface area contributed by atoms with E-state index in [1.54, 1.807) is 11.8 Å². The summed E-state index contributed by atoms with van der Waals surface area (Å²) in [6, 6.07) is 8.30. The Morgan fingerprint density at radius 1 is 1.00 bits per heavy atom. The van der Waals surface area contributed by atoms with Crippen molar-refractivity contribution in [3.8, 4) is 0 Å². The van der Waals surface area contributed by atoms with Crippen LogP contribution in [-0.4, -0.2) is 16.1 Å². The van der Waals surface area contributed by atoms with E-state index in [2.05, 4.69) is 58.1 Å². The molecule has 1 heterocycles. The molecule has 1 aromatic rings. The Morgan fingerprint density at radius 3 is 2.58 bits per heavy atom. The van der Waals surface area contributed by atoms with Gasteiger partial charge in [-0.15, -0.1) is 0 Å². The molecule has 6 rings (SSSR count). The molecule has 222 valence electrons. The molecule has 0 amide bonds. The molecule has 1 aliphatic heterocycles. The number of ether oxygens (including phenoxy) is 1. The van der Waals surface area contributed by atoms with Crippen LogP contribution in [-0.2, 0) is 4.74 Å². The third-order valence-electron chi connectivity index (χ3n) is 12.7. The molecule has 1 aromatic carbocycles. The smallest absolute Gasteiger partial charge is 0.370 e. The number of nitrogens with one attached hydrogen (secondary N) is 1. The zero-order chi connectivity index (χ0) is 28.1. The molecule has 1 unspecified atom stereocenters. The maximum atomic E-state index is 12.9. The lowest BCUT2D eigenvalue weighted by Gasteiger charge is -2.61. The molecule has 0 aromatic heterocycles. The average molecular weight is 584 g/mol. The number of rotatable bonds is 7. The average Bonchev–Trinajstić information content (AvgIpc) is 3.48. The number of hydrogen-bond acceptors (Lipinski definition) is 5. The minimum atomic E-state index is -0.104. The van der Waals surface area contributed by atoms with E-state index >= 15 is 0 Å². The van der Waals surface area contributed by atoms with E-state index in [4.69, 9.17) is 4.74 Å². The van der Waals surface area contributed by atoms with Crippen molar-refractivity contribution in [3.05, 3.63) is 24.3 Å². The van der Waals surface area contributed by atoms with Crippen molar-refractivity contribution in [1.82, 2.24) is 0 Å². The van der Waals surface area contributed by atoms with Crippen LogP contribution in [0.15, 0.2) is 29.2 Å². The molecule has 4 saturated carbocycles. The Bertz CT molecular complexity index is 1040. The normalized spacial score (nSPS) is 40.9. The molecule has 1 N–H and O–H groups in total. The first-order chi connectivity index (χ1) is 19.2. The van der Waals surface area contributed by atoms with Crippen molar-refractivity contribution in [2.24, 2.45) is 52.3 Å². The van der Waals surface area contributed by atoms with Crippen LogP contribution in [0.5, 0.6) is 0 Å². The molecule has 0 spiro atoms. The van der Waals surface area contributed by atoms with E-state index in [1.807, 2.05) is 6.07 Å². The van der Waals surface area contributed by atoms with E-state index in [0.29, 0.717) is 16.7 Å². The Balaban J connectivity index is 1.03. The molecule has 4 aliphatic carbocycles. The van der Waals surface area contributed by atoms with Crippen LogP contribution in [0.1, 0.15) is 112 Å². The van der Waals surface area contributed by atoms with Crippen LogP contribution in [0.4, 0.5) is 10.5 Å². The molecule has 10 atom stereocenters. The SMILES string of the molecule is CC(C)CCC[C@@H](C)[C@H]1CC[C@H]2[C@@H]3CC[C@H]4C[C@@H](OC(=O)SC5Nc6ccccc6S5)CC[C@]4(C)[C@H]3CC[C@]12C. The third kappa shape index (κ3) is 5.49. The number of benzene rings is 1. The highest BCUT2D eigenvalue weighted by molar-refractivity contribution is 8.24. The van der Waals surface area contributed by atoms with Gasteiger partial charge in [0.15, 0.2) is 0 Å². The van der Waals surface area contributed by atoms with Crippen molar-refractivity contribution in [3.63, 3.8) is 0 Å². The molecular weight excluding hydrogens is 531 g/mol. The highest BCUT2D eigenvalue weighted by atomic mass is 32.2. The lowest BCUT2D eigenvalue weighted by Crippen LogP contribution is -2.54. The summed E-state index contributed by atoms with van der Waals surface area (Å²) in [7, 11) is 0. The van der Waals surface area contributed by atoms with Crippen LogP contribution in [0.3, 0.4) is 0 Å². The summed E-state index contributed by atoms with van der Waals surface area (Å²) < 4.78 is 6.14. The van der Waals surface area contributed by atoms with E-state index in [0.717, 1.165) is 54.0 Å². The number of para-hydroxylation sites is 1. The molecule has 0 radical (unpaired) electrons. The molecule has 5 aliphatic rings. The van der Waals surface area contributed by atoms with Crippen molar-refractivity contribution >= 4 is 34.5 Å². The zero-order valence-corrected chi connectivity index (χ0v) is 27.3. The molecular formula is C35H53NO2S2. The summed E-state index contributed by atoms with van der Waals surface area (Å²) in [6.07, 6.45) is 16.3. The topological polar surface area (TPSA) is 38.3 Å². The van der Waals surface area contributed by atoms with Gasteiger partial charge in [-0.05, 0) is 134 Å². The maximum absolute atomic E-state index is 12.9. The van der Waals surface area contributed by atoms with Gasteiger partial charge in [-0.25, -0.2) is 4.79 Å². The monoisotopic (exact) mass is 583 g/mol. The summed E-state index contributed by atoms with van der Waals surface area (Å²) in [5.41, 5.74) is 2.13. The van der Waals surface area contributed by atoms with Crippen LogP contribution < -0.4 is 5.32 Å². The Labute approximate surface area is 252 Å². The van der Waals surface area contributed by atoms with E-state index in [-0.39, 0.29) is 16.1 Å². The molecule has 5 heteroatoms. The highest BCUT2D eigenvalue weighted by Gasteiger charge is 2.60. The van der Waals surface area contributed by atoms with Crippen LogP contribution in [0, 0.1) is 52.3 Å². The number of carbonyl (C=O) groups is 1. The van der Waals surface area contributed by atoms with Crippen LogP contribution >= 0.6 is 23.5 Å². The number of thioether (sulfide) groups is 2. The summed E-state index contributed by atoms with van der Waals surface area (Å²) >= 11 is 3.03. The summed E-state index contributed by atoms with van der Waals surface area (Å²) in [4.78, 5) is 14.1. The number of fused-ring (bicyclic) bond motifs is 6. The molecule has 0 saturated heterocycles. The quantitative estimate of drug-likeness (QED) is 0.323. The van der Waals surface area contributed by atoms with Crippen molar-refractivity contribution in [2.45, 2.75) is 127 Å². The van der Waals surface area contributed by atoms with Crippen LogP contribution in [0.25, 0.3) is 0 Å². The first-order valence-corrected chi connectivity index (χ1v) is 18.3. The summed E-state index contributed by atoms with van der Waals surface area (Å²) in [5.74, 6) is 6.11. The van der Waals surface area contributed by atoms with Gasteiger partial charge in [-0.2, -0.15) is 0 Å². The fourth-order valence-corrected chi connectivity index (χ4v) is 12.7. The molecule has 4 fully saturated rings. The first-order valence-electron chi connectivity index (χ1n) is 16.6. The van der Waals surface area contributed by atoms with Gasteiger partial charge in [0.05, 0.1) is 0 Å². The minimum Gasteiger partial charge on any atom is -0.454 e. The van der Waals surface area contributed by atoms with Gasteiger partial charge in [0.1, 0.15) is 10.8 Å². The largest absolute Gasteiger partial charge is 0.454 e. The van der Waals surface area contributed by atoms with Gasteiger partial charge in [0.25, 0.3) is 0 Å². The number of carbonyl (C=O) groups excluding carboxylic acids is 1. The highest BCUT2D eigenvalue weighted by Crippen LogP contribution is 2.68. The summed E-state index contributed by atoms with van der Waals surface area (Å²) in [5, 5.41) is 3.35. The number of hydrogen-bond donors (Lipinski definition) is 1. The summed E-state index contributed by atoms with van der Waals surface area (Å²) in [6.45, 7) is 12.7. The molecule has 40 heavy (non-hydrogen) atoms. The standard InChI is InChI=1S/C35H53NO2S2/c1-22(2)9-8-10-23(3)27-15-16-28-26-14-13-24-21-25(17-19-34(24,4)29(26)18-20-35(27,28)5)38-33(37)40-32-36-30-11-6-7-12-31(30)39-32/h6-7,11-12,22-29,32,36H,8-10,13-21H2,1-5H3/t23-,24+,25+,26+,27-,28+,29+,32?,34+,35-/m1/s1. The lowest BCUT2D eigenvalue weighted by molar-refractivity contribution is -0.128. The zero-order valence-electron chi connectivity index (χ0n) is 25.6. The van der Waals surface area contributed by atoms with Crippen molar-refractivity contribution in [1.29, 1.82) is 0 Å². The van der Waals surface area contributed by atoms with Gasteiger partial charge in [-0.3, -0.25) is 0 Å². The Morgan fingerprint density at radius 2 is 1.77 bits per heavy atom. The minimum absolute atomic E-state index is 0.0129. The second kappa shape index (κ2) is 11.7. The Kier molecular flexibility index (Phi) is 8.56. The molecule has 3 nitrogen and oxygen atoms in total. The fraction of sp³-hybridized carbons (Fsp3) is 0.800. The third-order valence-corrected chi connectivity index (χ3v) is 14.8. The van der Waals surface area contributed by atoms with Crippen LogP contribution in [0.2, 0.25) is 0 Å². The fourth-order valence-electron chi connectivity index (χ4n) is 10.6. The second-order valence-corrected chi connectivity index (χ2v) is 17.6. The second-order valence-electron chi connectivity index (χ2n) is 15.2. The van der Waals surface area contributed by atoms with Gasteiger partial charge in [-0.1, -0.05) is 77.8 Å². The van der Waals surface area contributed by atoms with E-state index in [9.17, 15) is 4.79 Å². The van der Waals surface area contributed by atoms with Gasteiger partial charge >= 0.3 is 5.30 Å². The maximum Gasteiger partial charge on any atom is 0.370 e. The lowest BCUT2D eigenvalue weighted by atomic mass is 9.44. The van der Waals surface area contributed by atoms with Crippen molar-refractivity contribution in [2.75, 3.05) is 5.32 Å². The Hall–Kier alpha value is -0.810.